The van der Waals surface area contributed by atoms with Gasteiger partial charge in [0.2, 0.25) is 10.0 Å². The number of nitrogens with two attached hydrogens (primary N) is 1. The van der Waals surface area contributed by atoms with E-state index in [1.54, 1.807) is 12.1 Å². The van der Waals surface area contributed by atoms with E-state index in [4.69, 9.17) is 28.3 Å². The normalized spacial score (nSPS) is 12.8. The number of hydrogen-bond acceptors (Lipinski definition) is 3. The Bertz CT molecular complexity index is 1040. The lowest BCUT2D eigenvalue weighted by atomic mass is 10.0. The summed E-state index contributed by atoms with van der Waals surface area (Å²) in [6, 6.07) is 26.5. The maximum absolute atomic E-state index is 12.2. The van der Waals surface area contributed by atoms with Crippen molar-refractivity contribution in [3.8, 4) is 0 Å². The number of benzene rings is 3. The van der Waals surface area contributed by atoms with E-state index in [-0.39, 0.29) is 10.7 Å². The number of ketones is 1. The van der Waals surface area contributed by atoms with Crippen molar-refractivity contribution >= 4 is 39.0 Å². The lowest BCUT2D eigenvalue weighted by Gasteiger charge is -2.13. The summed E-state index contributed by atoms with van der Waals surface area (Å²) in [4.78, 5) is 12.4. The summed E-state index contributed by atoms with van der Waals surface area (Å²) in [5.74, 6) is -0.0600. The molecule has 0 heterocycles. The van der Waals surface area contributed by atoms with E-state index in [1.807, 2.05) is 67.6 Å². The molecule has 2 N–H and O–H groups in total. The first-order chi connectivity index (χ1) is 15.7. The third-order valence-corrected chi connectivity index (χ3v) is 6.82. The van der Waals surface area contributed by atoms with Crippen LogP contribution in [-0.2, 0) is 27.7 Å². The number of halogens is 2. The molecule has 0 amide bonds. The summed E-state index contributed by atoms with van der Waals surface area (Å²) in [6.45, 7) is 1.88. The fourth-order valence-electron chi connectivity index (χ4n) is 3.08. The Kier molecular flexibility index (Phi) is 11.1. The van der Waals surface area contributed by atoms with Gasteiger partial charge >= 0.3 is 0 Å². The molecule has 0 radical (unpaired) electrons. The fraction of sp³-hybridized carbons (Fsp3) is 0.269. The molecule has 0 aliphatic heterocycles. The highest BCUT2D eigenvalue weighted by molar-refractivity contribution is 7.89. The average Bonchev–Trinajstić information content (AvgIpc) is 2.82. The Morgan fingerprint density at radius 1 is 0.758 bits per heavy atom. The van der Waals surface area contributed by atoms with Gasteiger partial charge in [0.05, 0.1) is 15.6 Å². The second-order valence-electron chi connectivity index (χ2n) is 7.74. The third kappa shape index (κ3) is 10.1. The van der Waals surface area contributed by atoms with Crippen LogP contribution >= 0.6 is 23.2 Å². The zero-order valence-corrected chi connectivity index (χ0v) is 20.9. The van der Waals surface area contributed by atoms with E-state index in [0.717, 1.165) is 18.4 Å². The molecule has 2 atom stereocenters. The molecule has 0 aromatic heterocycles. The van der Waals surface area contributed by atoms with Crippen LogP contribution in [0, 0.1) is 6.92 Å². The van der Waals surface area contributed by atoms with Crippen molar-refractivity contribution in [1.82, 2.24) is 0 Å². The SMILES string of the molecule is Cc1ccc(S(N)(=O)=O)cc1.O=C(C(Cl)CCc1ccccc1)C(Cl)CCc1ccccc1. The number of primary sulfonamides is 1. The van der Waals surface area contributed by atoms with Crippen molar-refractivity contribution in [2.24, 2.45) is 5.14 Å². The molecule has 0 aliphatic carbocycles. The molecular weight excluding hydrogens is 477 g/mol. The van der Waals surface area contributed by atoms with Crippen LogP contribution in [0.2, 0.25) is 0 Å². The van der Waals surface area contributed by atoms with Crippen molar-refractivity contribution in [3.63, 3.8) is 0 Å². The predicted octanol–water partition coefficient (Wildman–Crippen LogP) is 5.68. The van der Waals surface area contributed by atoms with E-state index in [1.165, 1.54) is 23.3 Å². The summed E-state index contributed by atoms with van der Waals surface area (Å²) in [7, 11) is -3.52. The molecule has 0 fully saturated rings. The van der Waals surface area contributed by atoms with Gasteiger partial charge in [-0.25, -0.2) is 13.6 Å². The van der Waals surface area contributed by atoms with Crippen molar-refractivity contribution in [2.45, 2.75) is 48.3 Å². The average molecular weight is 506 g/mol. The number of Topliss-reactive ketones (excluding diaryl/α,β-unsaturated/α-hetero) is 1. The topological polar surface area (TPSA) is 77.2 Å². The summed E-state index contributed by atoms with van der Waals surface area (Å²) in [5, 5.41) is 3.85. The minimum Gasteiger partial charge on any atom is -0.296 e. The number of hydrogen-bond donors (Lipinski definition) is 1. The molecule has 176 valence electrons. The third-order valence-electron chi connectivity index (χ3n) is 5.03. The highest BCUT2D eigenvalue weighted by atomic mass is 35.5. The number of aryl methyl sites for hydroxylation is 3. The van der Waals surface area contributed by atoms with Gasteiger partial charge in [-0.15, -0.1) is 23.2 Å². The van der Waals surface area contributed by atoms with Crippen LogP contribution in [0.1, 0.15) is 29.5 Å². The fourth-order valence-corrected chi connectivity index (χ4v) is 4.19. The van der Waals surface area contributed by atoms with Crippen molar-refractivity contribution in [1.29, 1.82) is 0 Å². The van der Waals surface area contributed by atoms with Crippen molar-refractivity contribution in [2.75, 3.05) is 0 Å². The molecule has 0 aliphatic rings. The van der Waals surface area contributed by atoms with E-state index >= 15 is 0 Å². The highest BCUT2D eigenvalue weighted by Crippen LogP contribution is 2.18. The first-order valence-corrected chi connectivity index (χ1v) is 13.1. The first-order valence-electron chi connectivity index (χ1n) is 10.7. The monoisotopic (exact) mass is 505 g/mol. The number of sulfonamides is 1. The van der Waals surface area contributed by atoms with Crippen LogP contribution in [0.15, 0.2) is 89.8 Å². The van der Waals surface area contributed by atoms with Gasteiger partial charge < -0.3 is 0 Å². The van der Waals surface area contributed by atoms with Crippen molar-refractivity contribution < 1.29 is 13.2 Å². The van der Waals surface area contributed by atoms with Crippen LogP contribution in [0.4, 0.5) is 0 Å². The molecule has 3 aromatic rings. The number of carbonyl (C=O) groups is 1. The number of rotatable bonds is 9. The van der Waals surface area contributed by atoms with E-state index in [2.05, 4.69) is 0 Å². The highest BCUT2D eigenvalue weighted by Gasteiger charge is 2.23. The number of carbonyl (C=O) groups excluding carboxylic acids is 1. The Hall–Kier alpha value is -2.18. The Balaban J connectivity index is 0.000000294. The van der Waals surface area contributed by atoms with Gasteiger partial charge in [-0.05, 0) is 55.9 Å². The molecule has 33 heavy (non-hydrogen) atoms. The van der Waals surface area contributed by atoms with E-state index < -0.39 is 20.8 Å². The van der Waals surface area contributed by atoms with Gasteiger partial charge in [-0.2, -0.15) is 0 Å². The Morgan fingerprint density at radius 2 is 1.15 bits per heavy atom. The summed E-state index contributed by atoms with van der Waals surface area (Å²) in [5.41, 5.74) is 3.39. The predicted molar refractivity (Wildman–Crippen MR) is 136 cm³/mol. The van der Waals surface area contributed by atoms with Crippen molar-refractivity contribution in [3.05, 3.63) is 102 Å². The summed E-state index contributed by atoms with van der Waals surface area (Å²) in [6.07, 6.45) is 2.84. The molecule has 0 saturated carbocycles. The maximum Gasteiger partial charge on any atom is 0.238 e. The van der Waals surface area contributed by atoms with Crippen LogP contribution in [0.5, 0.6) is 0 Å². The largest absolute Gasteiger partial charge is 0.296 e. The second-order valence-corrected chi connectivity index (χ2v) is 10.4. The molecule has 0 saturated heterocycles. The summed E-state index contributed by atoms with van der Waals surface area (Å²) >= 11 is 12.4. The van der Waals surface area contributed by atoms with Gasteiger partial charge in [0.15, 0.2) is 5.78 Å². The molecule has 2 unspecified atom stereocenters. The molecule has 7 heteroatoms. The van der Waals surface area contributed by atoms with Crippen LogP contribution in [0.3, 0.4) is 0 Å². The van der Waals surface area contributed by atoms with Crippen LogP contribution in [-0.4, -0.2) is 25.0 Å². The van der Waals surface area contributed by atoms with Gasteiger partial charge in [0.25, 0.3) is 0 Å². The summed E-state index contributed by atoms with van der Waals surface area (Å²) < 4.78 is 21.4. The Morgan fingerprint density at radius 3 is 1.52 bits per heavy atom. The van der Waals surface area contributed by atoms with Gasteiger partial charge in [0, 0.05) is 0 Å². The lowest BCUT2D eigenvalue weighted by molar-refractivity contribution is -0.118. The molecule has 4 nitrogen and oxygen atoms in total. The lowest BCUT2D eigenvalue weighted by Crippen LogP contribution is -2.25. The minimum absolute atomic E-state index is 0.0600. The molecule has 3 rings (SSSR count). The molecule has 0 spiro atoms. The van der Waals surface area contributed by atoms with E-state index in [0.29, 0.717) is 12.8 Å². The second kappa shape index (κ2) is 13.5. The zero-order valence-electron chi connectivity index (χ0n) is 18.5. The smallest absolute Gasteiger partial charge is 0.238 e. The maximum atomic E-state index is 12.2. The standard InChI is InChI=1S/C19H20Cl2O.C7H9NO2S/c20-17(13-11-15-7-3-1-4-8-15)19(22)18(21)14-12-16-9-5-2-6-10-16;1-6-2-4-7(5-3-6)11(8,9)10/h1-10,17-18H,11-14H2;2-5H,1H3,(H2,8,9,10). The quantitative estimate of drug-likeness (QED) is 0.380. The van der Waals surface area contributed by atoms with Gasteiger partial charge in [-0.3, -0.25) is 4.79 Å². The Labute approximate surface area is 206 Å². The number of alkyl halides is 2. The molecule has 0 bridgehead atoms. The minimum atomic E-state index is -3.52. The molecule has 3 aromatic carbocycles. The van der Waals surface area contributed by atoms with E-state index in [9.17, 15) is 13.2 Å². The van der Waals surface area contributed by atoms with Crippen LogP contribution in [0.25, 0.3) is 0 Å². The van der Waals surface area contributed by atoms with Crippen LogP contribution < -0.4 is 5.14 Å². The van der Waals surface area contributed by atoms with Gasteiger partial charge in [-0.1, -0.05) is 78.4 Å². The first kappa shape index (κ1) is 27.1. The molecular formula is C26H29Cl2NO3S. The zero-order chi connectivity index (χ0) is 24.3. The van der Waals surface area contributed by atoms with Gasteiger partial charge in [0.1, 0.15) is 0 Å².